The lowest BCUT2D eigenvalue weighted by molar-refractivity contribution is -0.123. The standard InChI is InChI=1S/C20H26N2O2/c1-3-5-10-16(4-2)15-22-19(23)18(21-20(22)24)14-9-13-17-11-7-6-8-12-17/h6-9,11-14,16H,3-5,10,15H2,1-2H3,(H,21,24)/b13-9+,18-14+. The molecule has 1 fully saturated rings. The molecule has 1 saturated heterocycles. The van der Waals surface area contributed by atoms with Crippen molar-refractivity contribution < 1.29 is 9.59 Å². The molecule has 128 valence electrons. The van der Waals surface area contributed by atoms with E-state index in [9.17, 15) is 9.59 Å². The second-order valence-electron chi connectivity index (χ2n) is 6.11. The van der Waals surface area contributed by atoms with Gasteiger partial charge < -0.3 is 5.32 Å². The second kappa shape index (κ2) is 9.06. The molecular weight excluding hydrogens is 300 g/mol. The van der Waals surface area contributed by atoms with Crippen LogP contribution < -0.4 is 5.32 Å². The maximum atomic E-state index is 12.4. The van der Waals surface area contributed by atoms with Gasteiger partial charge in [0.1, 0.15) is 5.70 Å². The first-order chi connectivity index (χ1) is 11.7. The Bertz CT molecular complexity index is 620. The van der Waals surface area contributed by atoms with Gasteiger partial charge in [0.25, 0.3) is 5.91 Å². The SMILES string of the molecule is CCCCC(CC)CN1C(=O)N/C(=C/C=C/c2ccccc2)C1=O. The van der Waals surface area contributed by atoms with Gasteiger partial charge in [-0.1, -0.05) is 75.6 Å². The fraction of sp³-hybridized carbons (Fsp3) is 0.400. The first-order valence-electron chi connectivity index (χ1n) is 8.72. The van der Waals surface area contributed by atoms with Crippen molar-refractivity contribution >= 4 is 18.0 Å². The molecule has 24 heavy (non-hydrogen) atoms. The van der Waals surface area contributed by atoms with Crippen molar-refractivity contribution in [1.82, 2.24) is 10.2 Å². The molecule has 0 bridgehead atoms. The summed E-state index contributed by atoms with van der Waals surface area (Å²) in [6, 6.07) is 9.52. The van der Waals surface area contributed by atoms with Gasteiger partial charge in [0.15, 0.2) is 0 Å². The van der Waals surface area contributed by atoms with Gasteiger partial charge in [0.05, 0.1) is 0 Å². The van der Waals surface area contributed by atoms with Crippen LogP contribution in [0.5, 0.6) is 0 Å². The number of amides is 3. The van der Waals surface area contributed by atoms with Crippen molar-refractivity contribution in [3.05, 3.63) is 53.7 Å². The minimum atomic E-state index is -0.311. The minimum absolute atomic E-state index is 0.229. The van der Waals surface area contributed by atoms with Crippen LogP contribution in [0, 0.1) is 5.92 Å². The molecule has 4 heteroatoms. The fourth-order valence-electron chi connectivity index (χ4n) is 2.75. The predicted octanol–water partition coefficient (Wildman–Crippen LogP) is 4.35. The van der Waals surface area contributed by atoms with Crippen LogP contribution in [0.25, 0.3) is 6.08 Å². The van der Waals surface area contributed by atoms with Crippen molar-refractivity contribution in [3.8, 4) is 0 Å². The lowest BCUT2D eigenvalue weighted by Gasteiger charge is -2.19. The highest BCUT2D eigenvalue weighted by atomic mass is 16.2. The maximum absolute atomic E-state index is 12.4. The quantitative estimate of drug-likeness (QED) is 0.570. The van der Waals surface area contributed by atoms with Gasteiger partial charge in [0.2, 0.25) is 0 Å². The average Bonchev–Trinajstić information content (AvgIpc) is 2.86. The smallest absolute Gasteiger partial charge is 0.303 e. The van der Waals surface area contributed by atoms with Gasteiger partial charge in [0, 0.05) is 6.54 Å². The summed E-state index contributed by atoms with van der Waals surface area (Å²) in [6.45, 7) is 4.76. The van der Waals surface area contributed by atoms with E-state index in [1.807, 2.05) is 36.4 Å². The number of nitrogens with zero attached hydrogens (tertiary/aromatic N) is 1. The summed E-state index contributed by atoms with van der Waals surface area (Å²) >= 11 is 0. The van der Waals surface area contributed by atoms with Gasteiger partial charge in [-0.2, -0.15) is 0 Å². The Morgan fingerprint density at radius 1 is 1.17 bits per heavy atom. The lowest BCUT2D eigenvalue weighted by atomic mass is 9.99. The molecule has 4 nitrogen and oxygen atoms in total. The summed E-state index contributed by atoms with van der Waals surface area (Å²) in [5.41, 5.74) is 1.39. The summed E-state index contributed by atoms with van der Waals surface area (Å²) in [4.78, 5) is 25.8. The zero-order chi connectivity index (χ0) is 17.4. The van der Waals surface area contributed by atoms with Crippen molar-refractivity contribution in [3.63, 3.8) is 0 Å². The van der Waals surface area contributed by atoms with Crippen LogP contribution in [0.15, 0.2) is 48.2 Å². The molecule has 1 N–H and O–H groups in total. The molecule has 0 aromatic heterocycles. The Labute approximate surface area is 144 Å². The number of rotatable bonds is 8. The number of carbonyl (C=O) groups is 2. The fourth-order valence-corrected chi connectivity index (χ4v) is 2.75. The largest absolute Gasteiger partial charge is 0.329 e. The number of imide groups is 1. The summed E-state index contributed by atoms with van der Waals surface area (Å²) in [5.74, 6) is 0.145. The van der Waals surface area contributed by atoms with Crippen LogP contribution in [0.1, 0.15) is 45.1 Å². The topological polar surface area (TPSA) is 49.4 Å². The molecule has 0 saturated carbocycles. The second-order valence-corrected chi connectivity index (χ2v) is 6.11. The molecule has 0 spiro atoms. The van der Waals surface area contributed by atoms with Crippen molar-refractivity contribution in [1.29, 1.82) is 0 Å². The number of unbranched alkanes of at least 4 members (excludes halogenated alkanes) is 1. The van der Waals surface area contributed by atoms with Crippen molar-refractivity contribution in [2.45, 2.75) is 39.5 Å². The Balaban J connectivity index is 2.00. The first kappa shape index (κ1) is 18.0. The van der Waals surface area contributed by atoms with E-state index in [2.05, 4.69) is 19.2 Å². The monoisotopic (exact) mass is 326 g/mol. The van der Waals surface area contributed by atoms with E-state index in [1.54, 1.807) is 12.2 Å². The number of carbonyl (C=O) groups excluding carboxylic acids is 2. The van der Waals surface area contributed by atoms with E-state index in [0.717, 1.165) is 31.2 Å². The third-order valence-corrected chi connectivity index (χ3v) is 4.30. The summed E-state index contributed by atoms with van der Waals surface area (Å²) in [5, 5.41) is 2.67. The van der Waals surface area contributed by atoms with E-state index in [0.29, 0.717) is 18.2 Å². The van der Waals surface area contributed by atoms with Gasteiger partial charge in [-0.3, -0.25) is 9.69 Å². The van der Waals surface area contributed by atoms with E-state index in [1.165, 1.54) is 4.90 Å². The number of hydrogen-bond donors (Lipinski definition) is 1. The molecule has 1 aromatic carbocycles. The number of hydrogen-bond acceptors (Lipinski definition) is 2. The third kappa shape index (κ3) is 4.82. The van der Waals surface area contributed by atoms with Crippen LogP contribution in [0.4, 0.5) is 4.79 Å². The zero-order valence-corrected chi connectivity index (χ0v) is 14.5. The summed E-state index contributed by atoms with van der Waals surface area (Å²) < 4.78 is 0. The van der Waals surface area contributed by atoms with E-state index < -0.39 is 0 Å². The van der Waals surface area contributed by atoms with Gasteiger partial charge >= 0.3 is 6.03 Å². The maximum Gasteiger partial charge on any atom is 0.329 e. The summed E-state index contributed by atoms with van der Waals surface area (Å²) in [7, 11) is 0. The Morgan fingerprint density at radius 2 is 1.92 bits per heavy atom. The van der Waals surface area contributed by atoms with E-state index in [4.69, 9.17) is 0 Å². The van der Waals surface area contributed by atoms with Crippen LogP contribution in [-0.4, -0.2) is 23.4 Å². The van der Waals surface area contributed by atoms with Gasteiger partial charge in [-0.05, 0) is 24.0 Å². The van der Waals surface area contributed by atoms with Crippen LogP contribution in [0.3, 0.4) is 0 Å². The average molecular weight is 326 g/mol. The highest BCUT2D eigenvalue weighted by Gasteiger charge is 2.34. The molecule has 1 unspecified atom stereocenters. The van der Waals surface area contributed by atoms with Crippen molar-refractivity contribution in [2.24, 2.45) is 5.92 Å². The Hall–Kier alpha value is -2.36. The molecule has 1 atom stereocenters. The normalized spacial score (nSPS) is 17.8. The lowest BCUT2D eigenvalue weighted by Crippen LogP contribution is -2.35. The Morgan fingerprint density at radius 3 is 2.58 bits per heavy atom. The highest BCUT2D eigenvalue weighted by molar-refractivity contribution is 6.11. The molecule has 1 aliphatic heterocycles. The molecule has 1 aliphatic rings. The number of urea groups is 1. The van der Waals surface area contributed by atoms with Gasteiger partial charge in [-0.15, -0.1) is 0 Å². The van der Waals surface area contributed by atoms with Gasteiger partial charge in [-0.25, -0.2) is 4.79 Å². The predicted molar refractivity (Wildman–Crippen MR) is 97.1 cm³/mol. The van der Waals surface area contributed by atoms with E-state index >= 15 is 0 Å². The van der Waals surface area contributed by atoms with Crippen LogP contribution in [0.2, 0.25) is 0 Å². The first-order valence-corrected chi connectivity index (χ1v) is 8.72. The Kier molecular flexibility index (Phi) is 6.79. The molecule has 0 aliphatic carbocycles. The van der Waals surface area contributed by atoms with E-state index in [-0.39, 0.29) is 11.9 Å². The molecule has 0 radical (unpaired) electrons. The molecule has 1 aromatic rings. The number of allylic oxidation sites excluding steroid dienone is 2. The molecule has 1 heterocycles. The minimum Gasteiger partial charge on any atom is -0.303 e. The summed E-state index contributed by atoms with van der Waals surface area (Å²) in [6.07, 6.45) is 9.66. The van der Waals surface area contributed by atoms with Crippen molar-refractivity contribution in [2.75, 3.05) is 6.54 Å². The zero-order valence-electron chi connectivity index (χ0n) is 14.5. The van der Waals surface area contributed by atoms with Crippen LogP contribution in [-0.2, 0) is 4.79 Å². The van der Waals surface area contributed by atoms with Crippen LogP contribution >= 0.6 is 0 Å². The number of benzene rings is 1. The third-order valence-electron chi connectivity index (χ3n) is 4.30. The highest BCUT2D eigenvalue weighted by Crippen LogP contribution is 2.18. The number of nitrogens with one attached hydrogen (secondary N) is 1. The molecule has 3 amide bonds. The molecule has 2 rings (SSSR count). The molecular formula is C20H26N2O2.